The zero-order chi connectivity index (χ0) is 15.5. The highest BCUT2D eigenvalue weighted by atomic mass is 16.6. The van der Waals surface area contributed by atoms with Gasteiger partial charge in [0.05, 0.1) is 0 Å². The number of hydrogen-bond donors (Lipinski definition) is 0. The lowest BCUT2D eigenvalue weighted by Crippen LogP contribution is -2.42. The molecule has 0 bridgehead atoms. The molecule has 1 unspecified atom stereocenters. The molecule has 2 aliphatic rings. The summed E-state index contributed by atoms with van der Waals surface area (Å²) in [6.45, 7) is 10.7. The van der Waals surface area contributed by atoms with Crippen LogP contribution in [0.15, 0.2) is 0 Å². The van der Waals surface area contributed by atoms with Crippen molar-refractivity contribution in [1.82, 2.24) is 9.80 Å². The Labute approximate surface area is 128 Å². The summed E-state index contributed by atoms with van der Waals surface area (Å²) in [7, 11) is 1.86. The van der Waals surface area contributed by atoms with Crippen LogP contribution in [0.2, 0.25) is 0 Å². The summed E-state index contributed by atoms with van der Waals surface area (Å²) in [4.78, 5) is 16.4. The van der Waals surface area contributed by atoms with Gasteiger partial charge in [0.1, 0.15) is 5.60 Å². The average Bonchev–Trinajstić information content (AvgIpc) is 2.85. The summed E-state index contributed by atoms with van der Waals surface area (Å²) in [5.74, 6) is 0.754. The van der Waals surface area contributed by atoms with Crippen LogP contribution in [0.3, 0.4) is 0 Å². The summed E-state index contributed by atoms with van der Waals surface area (Å²) in [5.41, 5.74) is -0.425. The van der Waals surface area contributed by atoms with E-state index in [0.717, 1.165) is 45.2 Å². The zero-order valence-electron chi connectivity index (χ0n) is 13.9. The Bertz CT molecular complexity index is 348. The molecule has 5 nitrogen and oxygen atoms in total. The van der Waals surface area contributed by atoms with Crippen molar-refractivity contribution in [2.45, 2.75) is 51.7 Å². The smallest absolute Gasteiger partial charge is 0.410 e. The Morgan fingerprint density at radius 2 is 1.95 bits per heavy atom. The van der Waals surface area contributed by atoms with Crippen LogP contribution in [0.1, 0.15) is 40.0 Å². The van der Waals surface area contributed by atoms with Crippen molar-refractivity contribution < 1.29 is 14.3 Å². The highest BCUT2D eigenvalue weighted by Gasteiger charge is 2.31. The van der Waals surface area contributed by atoms with Gasteiger partial charge in [0.25, 0.3) is 0 Å². The quantitative estimate of drug-likeness (QED) is 0.802. The number of likely N-dealkylation sites (tertiary alicyclic amines) is 1. The van der Waals surface area contributed by atoms with Gasteiger partial charge in [-0.25, -0.2) is 4.79 Å². The van der Waals surface area contributed by atoms with Crippen LogP contribution in [0.5, 0.6) is 0 Å². The van der Waals surface area contributed by atoms with Crippen molar-refractivity contribution >= 4 is 6.09 Å². The van der Waals surface area contributed by atoms with Gasteiger partial charge in [0.2, 0.25) is 0 Å². The van der Waals surface area contributed by atoms with Crippen molar-refractivity contribution in [3.8, 4) is 0 Å². The highest BCUT2D eigenvalue weighted by molar-refractivity contribution is 5.68. The van der Waals surface area contributed by atoms with Crippen molar-refractivity contribution in [1.29, 1.82) is 0 Å². The first-order chi connectivity index (χ1) is 9.85. The Kier molecular flexibility index (Phi) is 5.49. The van der Waals surface area contributed by atoms with E-state index >= 15 is 0 Å². The van der Waals surface area contributed by atoms with E-state index in [9.17, 15) is 4.79 Å². The van der Waals surface area contributed by atoms with E-state index in [2.05, 4.69) is 4.90 Å². The summed E-state index contributed by atoms with van der Waals surface area (Å²) >= 11 is 0. The largest absolute Gasteiger partial charge is 0.444 e. The van der Waals surface area contributed by atoms with E-state index in [4.69, 9.17) is 9.47 Å². The Morgan fingerprint density at radius 3 is 2.57 bits per heavy atom. The van der Waals surface area contributed by atoms with Crippen LogP contribution in [0.25, 0.3) is 0 Å². The molecule has 2 saturated heterocycles. The van der Waals surface area contributed by atoms with Gasteiger partial charge in [-0.15, -0.1) is 0 Å². The fourth-order valence-electron chi connectivity index (χ4n) is 3.07. The number of carbonyl (C=O) groups is 1. The van der Waals surface area contributed by atoms with Crippen LogP contribution in [-0.2, 0) is 9.47 Å². The fourth-order valence-corrected chi connectivity index (χ4v) is 3.07. The molecule has 1 atom stereocenters. The first-order valence-corrected chi connectivity index (χ1v) is 8.11. The van der Waals surface area contributed by atoms with Gasteiger partial charge < -0.3 is 19.3 Å². The van der Waals surface area contributed by atoms with Gasteiger partial charge in [-0.1, -0.05) is 0 Å². The minimum absolute atomic E-state index is 0.208. The minimum Gasteiger partial charge on any atom is -0.444 e. The molecule has 0 spiro atoms. The molecule has 0 saturated carbocycles. The van der Waals surface area contributed by atoms with E-state index in [1.165, 1.54) is 12.8 Å². The van der Waals surface area contributed by atoms with Gasteiger partial charge in [-0.3, -0.25) is 0 Å². The third-order valence-electron chi connectivity index (χ3n) is 4.33. The van der Waals surface area contributed by atoms with Gasteiger partial charge in [-0.05, 0) is 46.0 Å². The maximum absolute atomic E-state index is 12.1. The second kappa shape index (κ2) is 6.97. The molecule has 2 fully saturated rings. The lowest BCUT2D eigenvalue weighted by atomic mass is 10.00. The third-order valence-corrected chi connectivity index (χ3v) is 4.33. The minimum atomic E-state index is -0.425. The highest BCUT2D eigenvalue weighted by Crippen LogP contribution is 2.22. The van der Waals surface area contributed by atoms with E-state index in [0.29, 0.717) is 0 Å². The Hall–Kier alpha value is -0.810. The molecular weight excluding hydrogens is 268 g/mol. The van der Waals surface area contributed by atoms with E-state index < -0.39 is 5.60 Å². The predicted octanol–water partition coefficient (Wildman–Crippen LogP) is 2.35. The van der Waals surface area contributed by atoms with Crippen LogP contribution < -0.4 is 0 Å². The fraction of sp³-hybridized carbons (Fsp3) is 0.938. The lowest BCUT2D eigenvalue weighted by molar-refractivity contribution is 0.0223. The van der Waals surface area contributed by atoms with Crippen molar-refractivity contribution in [3.05, 3.63) is 0 Å². The summed E-state index contributed by atoms with van der Waals surface area (Å²) in [5, 5.41) is 0. The van der Waals surface area contributed by atoms with E-state index in [-0.39, 0.29) is 12.1 Å². The molecule has 0 radical (unpaired) electrons. The molecule has 0 aromatic rings. The van der Waals surface area contributed by atoms with Crippen molar-refractivity contribution in [2.24, 2.45) is 5.92 Å². The van der Waals surface area contributed by atoms with Gasteiger partial charge >= 0.3 is 6.09 Å². The molecule has 122 valence electrons. The SMILES string of the molecule is CN(C(=O)OC(C)(C)C)C1CCN(CC2CCOCC2)C1. The second-order valence-corrected chi connectivity index (χ2v) is 7.35. The topological polar surface area (TPSA) is 42.0 Å². The molecule has 0 aliphatic carbocycles. The molecule has 21 heavy (non-hydrogen) atoms. The molecule has 5 heteroatoms. The van der Waals surface area contributed by atoms with Gasteiger partial charge in [0, 0.05) is 45.9 Å². The van der Waals surface area contributed by atoms with Crippen molar-refractivity contribution in [2.75, 3.05) is 39.9 Å². The summed E-state index contributed by atoms with van der Waals surface area (Å²) in [6, 6.07) is 0.277. The molecule has 2 aliphatic heterocycles. The Morgan fingerprint density at radius 1 is 1.29 bits per heavy atom. The van der Waals surface area contributed by atoms with Crippen LogP contribution >= 0.6 is 0 Å². The number of amides is 1. The average molecular weight is 298 g/mol. The monoisotopic (exact) mass is 298 g/mol. The Balaban J connectivity index is 1.77. The zero-order valence-corrected chi connectivity index (χ0v) is 13.9. The molecular formula is C16H30N2O3. The third kappa shape index (κ3) is 5.15. The number of ether oxygens (including phenoxy) is 2. The first-order valence-electron chi connectivity index (χ1n) is 8.11. The standard InChI is InChI=1S/C16H30N2O3/c1-16(2,3)21-15(19)17(4)14-5-8-18(12-14)11-13-6-9-20-10-7-13/h13-14H,5-12H2,1-4H3. The van der Waals surface area contributed by atoms with Crippen LogP contribution in [0.4, 0.5) is 4.79 Å². The molecule has 2 heterocycles. The molecule has 0 aromatic heterocycles. The first kappa shape index (κ1) is 16.6. The number of rotatable bonds is 3. The number of carbonyl (C=O) groups excluding carboxylic acids is 1. The lowest BCUT2D eigenvalue weighted by Gasteiger charge is -2.30. The molecule has 0 aromatic carbocycles. The summed E-state index contributed by atoms with van der Waals surface area (Å²) in [6.07, 6.45) is 3.17. The number of nitrogens with zero attached hydrogens (tertiary/aromatic N) is 2. The maximum Gasteiger partial charge on any atom is 0.410 e. The van der Waals surface area contributed by atoms with Gasteiger partial charge in [-0.2, -0.15) is 0 Å². The summed E-state index contributed by atoms with van der Waals surface area (Å²) < 4.78 is 10.9. The van der Waals surface area contributed by atoms with Crippen LogP contribution in [-0.4, -0.2) is 67.4 Å². The second-order valence-electron chi connectivity index (χ2n) is 7.35. The maximum atomic E-state index is 12.1. The van der Waals surface area contributed by atoms with Crippen LogP contribution in [0, 0.1) is 5.92 Å². The van der Waals surface area contributed by atoms with E-state index in [1.807, 2.05) is 27.8 Å². The number of likely N-dealkylation sites (N-methyl/N-ethyl adjacent to an activating group) is 1. The normalized spacial score (nSPS) is 25.0. The van der Waals surface area contributed by atoms with E-state index in [1.54, 1.807) is 4.90 Å². The molecule has 2 rings (SSSR count). The van der Waals surface area contributed by atoms with Crippen molar-refractivity contribution in [3.63, 3.8) is 0 Å². The number of hydrogen-bond acceptors (Lipinski definition) is 4. The molecule has 1 amide bonds. The van der Waals surface area contributed by atoms with Gasteiger partial charge in [0.15, 0.2) is 0 Å². The predicted molar refractivity (Wildman–Crippen MR) is 82.4 cm³/mol. The molecule has 0 N–H and O–H groups in total.